The number of fused-ring (bicyclic) bond motifs is 1. The van der Waals surface area contributed by atoms with Crippen molar-refractivity contribution in [3.05, 3.63) is 16.4 Å². The number of thiazole rings is 1. The number of carboxylic acid groups (broad SMARTS) is 1. The third-order valence-electron chi connectivity index (χ3n) is 1.91. The monoisotopic (exact) mass is 197 g/mol. The van der Waals surface area contributed by atoms with Gasteiger partial charge in [0.05, 0.1) is 0 Å². The predicted molar refractivity (Wildman–Crippen MR) is 47.3 cm³/mol. The van der Waals surface area contributed by atoms with Gasteiger partial charge in [-0.1, -0.05) is 11.3 Å². The molecule has 0 radical (unpaired) electrons. The Kier molecular flexibility index (Phi) is 1.59. The fourth-order valence-electron chi connectivity index (χ4n) is 1.15. The van der Waals surface area contributed by atoms with Crippen molar-refractivity contribution in [3.8, 4) is 0 Å². The molecule has 5 nitrogen and oxygen atoms in total. The first-order valence-corrected chi connectivity index (χ1v) is 4.47. The first-order chi connectivity index (χ1) is 6.11. The van der Waals surface area contributed by atoms with Crippen LogP contribution in [0.15, 0.2) is 0 Å². The number of carbonyl (C=O) groups is 1. The highest BCUT2D eigenvalue weighted by molar-refractivity contribution is 7.17. The minimum atomic E-state index is -1.05. The molecule has 0 aromatic carbocycles. The number of hydrogen-bond acceptors (Lipinski definition) is 4. The first kappa shape index (κ1) is 8.18. The van der Waals surface area contributed by atoms with Crippen molar-refractivity contribution in [2.75, 3.05) is 0 Å². The molecule has 0 aliphatic heterocycles. The molecule has 0 fully saturated rings. The molecule has 0 atom stereocenters. The van der Waals surface area contributed by atoms with Gasteiger partial charge in [-0.05, 0) is 13.8 Å². The van der Waals surface area contributed by atoms with Crippen LogP contribution in [0.25, 0.3) is 4.96 Å². The fraction of sp³-hybridized carbons (Fsp3) is 0.286. The van der Waals surface area contributed by atoms with E-state index >= 15 is 0 Å². The minimum absolute atomic E-state index is 0.0168. The molecule has 0 amide bonds. The second kappa shape index (κ2) is 2.53. The zero-order valence-corrected chi connectivity index (χ0v) is 7.92. The van der Waals surface area contributed by atoms with Gasteiger partial charge in [0, 0.05) is 10.6 Å². The highest BCUT2D eigenvalue weighted by Gasteiger charge is 2.17. The van der Waals surface area contributed by atoms with Crippen LogP contribution in [0.2, 0.25) is 0 Å². The van der Waals surface area contributed by atoms with Gasteiger partial charge in [-0.3, -0.25) is 4.40 Å². The van der Waals surface area contributed by atoms with Crippen LogP contribution in [0.3, 0.4) is 0 Å². The molecule has 0 aliphatic rings. The molecule has 0 bridgehead atoms. The lowest BCUT2D eigenvalue weighted by Gasteiger charge is -1.92. The van der Waals surface area contributed by atoms with Crippen LogP contribution < -0.4 is 0 Å². The van der Waals surface area contributed by atoms with Crippen LogP contribution in [-0.4, -0.2) is 25.7 Å². The largest absolute Gasteiger partial charge is 0.475 e. The van der Waals surface area contributed by atoms with Crippen molar-refractivity contribution in [1.29, 1.82) is 0 Å². The van der Waals surface area contributed by atoms with Crippen LogP contribution >= 0.6 is 11.3 Å². The summed E-state index contributed by atoms with van der Waals surface area (Å²) in [6.07, 6.45) is 0. The van der Waals surface area contributed by atoms with E-state index in [2.05, 4.69) is 10.2 Å². The van der Waals surface area contributed by atoms with Gasteiger partial charge in [0.2, 0.25) is 10.8 Å². The Morgan fingerprint density at radius 3 is 2.77 bits per heavy atom. The van der Waals surface area contributed by atoms with Crippen LogP contribution in [0, 0.1) is 13.8 Å². The van der Waals surface area contributed by atoms with Crippen molar-refractivity contribution >= 4 is 22.3 Å². The van der Waals surface area contributed by atoms with Gasteiger partial charge in [-0.25, -0.2) is 4.79 Å². The van der Waals surface area contributed by atoms with Crippen molar-refractivity contribution in [2.45, 2.75) is 13.8 Å². The second-order valence-corrected chi connectivity index (χ2v) is 3.87. The molecule has 2 heterocycles. The number of rotatable bonds is 1. The molecule has 13 heavy (non-hydrogen) atoms. The third kappa shape index (κ3) is 1.02. The summed E-state index contributed by atoms with van der Waals surface area (Å²) in [6.45, 7) is 3.79. The molecule has 2 aromatic heterocycles. The standard InChI is InChI=1S/C7H7N3O2S/c1-3-4(2)13-7-9-8-5(6(11)12)10(3)7/h1-2H3,(H,11,12). The third-order valence-corrected chi connectivity index (χ3v) is 2.96. The van der Waals surface area contributed by atoms with Crippen molar-refractivity contribution in [3.63, 3.8) is 0 Å². The molecule has 0 unspecified atom stereocenters. The van der Waals surface area contributed by atoms with Gasteiger partial charge in [0.25, 0.3) is 0 Å². The zero-order valence-electron chi connectivity index (χ0n) is 7.11. The lowest BCUT2D eigenvalue weighted by Crippen LogP contribution is -2.04. The van der Waals surface area contributed by atoms with Gasteiger partial charge >= 0.3 is 5.97 Å². The average Bonchev–Trinajstić information content (AvgIpc) is 2.55. The van der Waals surface area contributed by atoms with E-state index in [-0.39, 0.29) is 5.82 Å². The number of aryl methyl sites for hydroxylation is 2. The highest BCUT2D eigenvalue weighted by Crippen LogP contribution is 2.21. The van der Waals surface area contributed by atoms with Crippen LogP contribution in [0.1, 0.15) is 21.2 Å². The van der Waals surface area contributed by atoms with Crippen molar-refractivity contribution in [2.24, 2.45) is 0 Å². The van der Waals surface area contributed by atoms with E-state index in [4.69, 9.17) is 5.11 Å². The summed E-state index contributed by atoms with van der Waals surface area (Å²) in [4.78, 5) is 12.4. The van der Waals surface area contributed by atoms with E-state index in [1.165, 1.54) is 11.3 Å². The number of aromatic nitrogens is 3. The fourth-order valence-corrected chi connectivity index (χ4v) is 2.05. The normalized spacial score (nSPS) is 10.9. The Balaban J connectivity index is 2.85. The molecule has 1 N–H and O–H groups in total. The van der Waals surface area contributed by atoms with Gasteiger partial charge < -0.3 is 5.11 Å². The maximum absolute atomic E-state index is 10.7. The number of aromatic carboxylic acids is 1. The predicted octanol–water partition coefficient (Wildman–Crippen LogP) is 1.11. The van der Waals surface area contributed by atoms with Gasteiger partial charge in [-0.2, -0.15) is 0 Å². The Hall–Kier alpha value is -1.43. The van der Waals surface area contributed by atoms with Crippen molar-refractivity contribution in [1.82, 2.24) is 14.6 Å². The SMILES string of the molecule is Cc1sc2nnc(C(=O)O)n2c1C. The Morgan fingerprint density at radius 1 is 1.46 bits per heavy atom. The van der Waals surface area contributed by atoms with E-state index in [0.29, 0.717) is 4.96 Å². The molecule has 68 valence electrons. The molecule has 0 aliphatic carbocycles. The topological polar surface area (TPSA) is 67.5 Å². The zero-order chi connectivity index (χ0) is 9.59. The van der Waals surface area contributed by atoms with Crippen LogP contribution in [0.5, 0.6) is 0 Å². The van der Waals surface area contributed by atoms with E-state index in [9.17, 15) is 4.79 Å². The summed E-state index contributed by atoms with van der Waals surface area (Å²) in [7, 11) is 0. The average molecular weight is 197 g/mol. The Bertz CT molecular complexity index is 485. The number of carboxylic acids is 1. The minimum Gasteiger partial charge on any atom is -0.475 e. The lowest BCUT2D eigenvalue weighted by atomic mass is 10.4. The maximum Gasteiger partial charge on any atom is 0.374 e. The van der Waals surface area contributed by atoms with E-state index in [1.807, 2.05) is 13.8 Å². The second-order valence-electron chi connectivity index (χ2n) is 2.69. The summed E-state index contributed by atoms with van der Waals surface area (Å²) in [5.41, 5.74) is 0.891. The number of nitrogens with zero attached hydrogens (tertiary/aromatic N) is 3. The molecule has 6 heteroatoms. The summed E-state index contributed by atoms with van der Waals surface area (Å²) in [5.74, 6) is -1.06. The van der Waals surface area contributed by atoms with Gasteiger partial charge in [0.1, 0.15) is 0 Å². The van der Waals surface area contributed by atoms with E-state index in [1.54, 1.807) is 4.40 Å². The quantitative estimate of drug-likeness (QED) is 0.743. The molecule has 0 saturated carbocycles. The van der Waals surface area contributed by atoms with Crippen LogP contribution in [-0.2, 0) is 0 Å². The smallest absolute Gasteiger partial charge is 0.374 e. The van der Waals surface area contributed by atoms with E-state index in [0.717, 1.165) is 10.6 Å². The summed E-state index contributed by atoms with van der Waals surface area (Å²) in [6, 6.07) is 0. The first-order valence-electron chi connectivity index (χ1n) is 3.65. The van der Waals surface area contributed by atoms with Gasteiger partial charge in [-0.15, -0.1) is 10.2 Å². The van der Waals surface area contributed by atoms with Crippen LogP contribution in [0.4, 0.5) is 0 Å². The Labute approximate surface area is 77.6 Å². The van der Waals surface area contributed by atoms with E-state index < -0.39 is 5.97 Å². The number of hydrogen-bond donors (Lipinski definition) is 1. The Morgan fingerprint density at radius 2 is 2.15 bits per heavy atom. The summed E-state index contributed by atoms with van der Waals surface area (Å²) in [5, 5.41) is 16.1. The molecular formula is C7H7N3O2S. The maximum atomic E-state index is 10.7. The molecule has 2 aromatic rings. The van der Waals surface area contributed by atoms with Gasteiger partial charge in [0.15, 0.2) is 0 Å². The summed E-state index contributed by atoms with van der Waals surface area (Å²) >= 11 is 1.44. The molecule has 0 saturated heterocycles. The molecule has 0 spiro atoms. The molecule has 2 rings (SSSR count). The van der Waals surface area contributed by atoms with Crippen molar-refractivity contribution < 1.29 is 9.90 Å². The highest BCUT2D eigenvalue weighted by atomic mass is 32.1. The lowest BCUT2D eigenvalue weighted by molar-refractivity contribution is 0.0682. The molecular weight excluding hydrogens is 190 g/mol. The summed E-state index contributed by atoms with van der Waals surface area (Å²) < 4.78 is 1.56.